The Hall–Kier alpha value is -2.63. The zero-order valence-electron chi connectivity index (χ0n) is 13.4. The maximum atomic E-state index is 5.52. The summed E-state index contributed by atoms with van der Waals surface area (Å²) in [4.78, 5) is 8.78. The third kappa shape index (κ3) is 2.50. The number of nitrogens with zero attached hydrogens (tertiary/aromatic N) is 4. The van der Waals surface area contributed by atoms with Crippen molar-refractivity contribution in [2.75, 3.05) is 7.11 Å². The molecule has 118 valence electrons. The van der Waals surface area contributed by atoms with Gasteiger partial charge in [0.25, 0.3) is 0 Å². The van der Waals surface area contributed by atoms with Crippen LogP contribution in [-0.4, -0.2) is 26.8 Å². The summed E-state index contributed by atoms with van der Waals surface area (Å²) in [5.74, 6) is 3.15. The van der Waals surface area contributed by atoms with Crippen LogP contribution in [0, 0.1) is 12.8 Å². The first-order chi connectivity index (χ1) is 11.2. The van der Waals surface area contributed by atoms with E-state index in [0.29, 0.717) is 17.7 Å². The summed E-state index contributed by atoms with van der Waals surface area (Å²) in [5.41, 5.74) is 2.76. The molecule has 0 N–H and O–H groups in total. The Bertz CT molecular complexity index is 852. The third-order valence-electron chi connectivity index (χ3n) is 4.30. The summed E-state index contributed by atoms with van der Waals surface area (Å²) in [5, 5.41) is 4.10. The Balaban J connectivity index is 1.69. The Kier molecular flexibility index (Phi) is 3.18. The van der Waals surface area contributed by atoms with Crippen LogP contribution in [0.1, 0.15) is 30.8 Å². The van der Waals surface area contributed by atoms with Gasteiger partial charge in [0.15, 0.2) is 0 Å². The maximum Gasteiger partial charge on any atom is 0.230 e. The van der Waals surface area contributed by atoms with Crippen LogP contribution in [0.4, 0.5) is 0 Å². The molecule has 3 aromatic rings. The molecule has 0 unspecified atom stereocenters. The molecule has 0 spiro atoms. The van der Waals surface area contributed by atoms with Gasteiger partial charge in [-0.05, 0) is 37.5 Å². The van der Waals surface area contributed by atoms with Gasteiger partial charge in [-0.1, -0.05) is 12.1 Å². The monoisotopic (exact) mass is 310 g/mol. The highest BCUT2D eigenvalue weighted by atomic mass is 16.5. The summed E-state index contributed by atoms with van der Waals surface area (Å²) in [6.45, 7) is 4.15. The van der Waals surface area contributed by atoms with Crippen molar-refractivity contribution >= 4 is 0 Å². The zero-order chi connectivity index (χ0) is 16.0. The number of ether oxygens (including phenoxy) is 1. The number of aromatic nitrogens is 4. The van der Waals surface area contributed by atoms with Crippen molar-refractivity contribution in [3.8, 4) is 22.8 Å². The first-order valence-electron chi connectivity index (χ1n) is 7.68. The molecular formula is C17H18N4O2. The molecule has 1 saturated carbocycles. The number of hydrogen-bond donors (Lipinski definition) is 0. The quantitative estimate of drug-likeness (QED) is 0.739. The van der Waals surface area contributed by atoms with Crippen molar-refractivity contribution in [3.63, 3.8) is 0 Å². The molecule has 2 atom stereocenters. The van der Waals surface area contributed by atoms with Gasteiger partial charge in [0.1, 0.15) is 5.75 Å². The lowest BCUT2D eigenvalue weighted by atomic mass is 10.1. The van der Waals surface area contributed by atoms with Crippen molar-refractivity contribution in [1.82, 2.24) is 19.7 Å². The van der Waals surface area contributed by atoms with Crippen molar-refractivity contribution in [1.29, 1.82) is 0 Å². The molecule has 0 bridgehead atoms. The Labute approximate surface area is 134 Å². The SMILES string of the molecule is COc1cc(-c2noc([C@H]3C[C@@H]3C)n2)ccc1-n1cnc(C)c1. The van der Waals surface area contributed by atoms with Gasteiger partial charge >= 0.3 is 0 Å². The summed E-state index contributed by atoms with van der Waals surface area (Å²) >= 11 is 0. The highest BCUT2D eigenvalue weighted by Gasteiger charge is 2.39. The molecule has 2 heterocycles. The van der Waals surface area contributed by atoms with E-state index in [0.717, 1.165) is 35.0 Å². The molecule has 0 saturated heterocycles. The summed E-state index contributed by atoms with van der Waals surface area (Å²) in [6, 6.07) is 5.87. The normalized spacial score (nSPS) is 19.8. The van der Waals surface area contributed by atoms with Gasteiger partial charge in [-0.2, -0.15) is 4.98 Å². The number of hydrogen-bond acceptors (Lipinski definition) is 5. The van der Waals surface area contributed by atoms with E-state index in [-0.39, 0.29) is 0 Å². The van der Waals surface area contributed by atoms with Gasteiger partial charge in [-0.15, -0.1) is 0 Å². The van der Waals surface area contributed by atoms with Gasteiger partial charge in [-0.25, -0.2) is 4.98 Å². The number of benzene rings is 1. The molecule has 1 aromatic carbocycles. The second-order valence-corrected chi connectivity index (χ2v) is 6.08. The van der Waals surface area contributed by atoms with Crippen LogP contribution in [0.25, 0.3) is 17.1 Å². The summed E-state index contributed by atoms with van der Waals surface area (Å²) in [7, 11) is 1.65. The first-order valence-corrected chi connectivity index (χ1v) is 7.68. The zero-order valence-corrected chi connectivity index (χ0v) is 13.4. The van der Waals surface area contributed by atoms with Crippen LogP contribution in [0.2, 0.25) is 0 Å². The molecule has 1 aliphatic carbocycles. The van der Waals surface area contributed by atoms with Gasteiger partial charge in [0, 0.05) is 17.7 Å². The third-order valence-corrected chi connectivity index (χ3v) is 4.30. The standard InChI is InChI=1S/C17H18N4O2/c1-10-6-13(10)17-19-16(20-23-17)12-4-5-14(15(7-12)22-3)21-8-11(2)18-9-21/h4-5,7-10,13H,6H2,1-3H3/t10-,13-/m0/s1. The first kappa shape index (κ1) is 14.0. The molecule has 0 amide bonds. The molecular weight excluding hydrogens is 292 g/mol. The number of imidazole rings is 1. The van der Waals surface area contributed by atoms with Crippen LogP contribution >= 0.6 is 0 Å². The lowest BCUT2D eigenvalue weighted by molar-refractivity contribution is 0.376. The Morgan fingerprint density at radius 3 is 2.83 bits per heavy atom. The second-order valence-electron chi connectivity index (χ2n) is 6.08. The smallest absolute Gasteiger partial charge is 0.230 e. The molecule has 2 aromatic heterocycles. The van der Waals surface area contributed by atoms with Crippen molar-refractivity contribution in [2.45, 2.75) is 26.2 Å². The van der Waals surface area contributed by atoms with Crippen LogP contribution in [0.3, 0.4) is 0 Å². The van der Waals surface area contributed by atoms with E-state index in [2.05, 4.69) is 22.0 Å². The van der Waals surface area contributed by atoms with Gasteiger partial charge in [0.2, 0.25) is 11.7 Å². The topological polar surface area (TPSA) is 66.0 Å². The fraction of sp³-hybridized carbons (Fsp3) is 0.353. The van der Waals surface area contributed by atoms with E-state index in [1.165, 1.54) is 0 Å². The predicted molar refractivity (Wildman–Crippen MR) is 84.7 cm³/mol. The van der Waals surface area contributed by atoms with Crippen molar-refractivity contribution < 1.29 is 9.26 Å². The fourth-order valence-electron chi connectivity index (χ4n) is 2.75. The van der Waals surface area contributed by atoms with Gasteiger partial charge < -0.3 is 13.8 Å². The van der Waals surface area contributed by atoms with E-state index >= 15 is 0 Å². The van der Waals surface area contributed by atoms with Crippen LogP contribution in [0.5, 0.6) is 5.75 Å². The van der Waals surface area contributed by atoms with Gasteiger partial charge in [-0.3, -0.25) is 0 Å². The number of rotatable bonds is 4. The minimum Gasteiger partial charge on any atom is -0.495 e. The largest absolute Gasteiger partial charge is 0.495 e. The van der Waals surface area contributed by atoms with Crippen LogP contribution < -0.4 is 4.74 Å². The summed E-state index contributed by atoms with van der Waals surface area (Å²) < 4.78 is 12.8. The van der Waals surface area contributed by atoms with Crippen molar-refractivity contribution in [3.05, 3.63) is 42.3 Å². The number of aryl methyl sites for hydroxylation is 1. The average molecular weight is 310 g/mol. The van der Waals surface area contributed by atoms with E-state index in [9.17, 15) is 0 Å². The fourth-order valence-corrected chi connectivity index (χ4v) is 2.75. The predicted octanol–water partition coefficient (Wildman–Crippen LogP) is 3.36. The minimum absolute atomic E-state index is 0.423. The van der Waals surface area contributed by atoms with Crippen molar-refractivity contribution in [2.24, 2.45) is 5.92 Å². The molecule has 0 radical (unpaired) electrons. The second kappa shape index (κ2) is 5.22. The molecule has 1 aliphatic rings. The lowest BCUT2D eigenvalue weighted by Crippen LogP contribution is -1.96. The average Bonchev–Trinajstić information content (AvgIpc) is 2.96. The van der Waals surface area contributed by atoms with Crippen LogP contribution in [0.15, 0.2) is 35.2 Å². The molecule has 0 aliphatic heterocycles. The maximum absolute atomic E-state index is 5.52. The van der Waals surface area contributed by atoms with Crippen LogP contribution in [-0.2, 0) is 0 Å². The Morgan fingerprint density at radius 2 is 2.17 bits per heavy atom. The molecule has 4 rings (SSSR count). The number of methoxy groups -OCH3 is 1. The Morgan fingerprint density at radius 1 is 1.35 bits per heavy atom. The molecule has 23 heavy (non-hydrogen) atoms. The van der Waals surface area contributed by atoms with E-state index < -0.39 is 0 Å². The minimum atomic E-state index is 0.423. The highest BCUT2D eigenvalue weighted by molar-refractivity contribution is 5.62. The molecule has 1 fully saturated rings. The summed E-state index contributed by atoms with van der Waals surface area (Å²) in [6.07, 6.45) is 4.86. The van der Waals surface area contributed by atoms with E-state index in [1.807, 2.05) is 35.9 Å². The molecule has 6 heteroatoms. The van der Waals surface area contributed by atoms with Gasteiger partial charge in [0.05, 0.1) is 24.8 Å². The van der Waals surface area contributed by atoms with E-state index in [1.54, 1.807) is 13.4 Å². The highest BCUT2D eigenvalue weighted by Crippen LogP contribution is 2.46. The van der Waals surface area contributed by atoms with E-state index in [4.69, 9.17) is 9.26 Å². The molecule has 6 nitrogen and oxygen atoms in total. The lowest BCUT2D eigenvalue weighted by Gasteiger charge is -2.09.